The molecule has 1 aromatic heterocycles. The zero-order valence-corrected chi connectivity index (χ0v) is 16.4. The number of halogens is 1. The summed E-state index contributed by atoms with van der Waals surface area (Å²) in [5, 5.41) is 0.700. The lowest BCUT2D eigenvalue weighted by atomic mass is 9.76. The Bertz CT molecular complexity index is 786. The van der Waals surface area contributed by atoms with Crippen LogP contribution in [0.15, 0.2) is 49.2 Å². The van der Waals surface area contributed by atoms with Crippen LogP contribution >= 0.6 is 11.6 Å². The number of aromatic nitrogens is 1. The smallest absolute Gasteiger partial charge is 0.409 e. The van der Waals surface area contributed by atoms with E-state index in [1.807, 2.05) is 43.5 Å². The minimum atomic E-state index is -0.219. The number of hydrogen-bond acceptors (Lipinski definition) is 3. The summed E-state index contributed by atoms with van der Waals surface area (Å²) in [6.45, 7) is 7.60. The van der Waals surface area contributed by atoms with Crippen molar-refractivity contribution in [3.05, 3.63) is 71.0 Å². The van der Waals surface area contributed by atoms with Gasteiger partial charge >= 0.3 is 6.09 Å². The quantitative estimate of drug-likeness (QED) is 0.695. The molecular weight excluding hydrogens is 360 g/mol. The number of piperidine rings is 1. The number of amides is 1. The van der Waals surface area contributed by atoms with Gasteiger partial charge in [-0.2, -0.15) is 0 Å². The van der Waals surface area contributed by atoms with Crippen LogP contribution in [0.2, 0.25) is 5.02 Å². The summed E-state index contributed by atoms with van der Waals surface area (Å²) in [5.41, 5.74) is 3.26. The van der Waals surface area contributed by atoms with Crippen molar-refractivity contribution < 1.29 is 9.53 Å². The van der Waals surface area contributed by atoms with Crippen LogP contribution in [0.3, 0.4) is 0 Å². The molecule has 4 nitrogen and oxygen atoms in total. The molecule has 3 rings (SSSR count). The van der Waals surface area contributed by atoms with Crippen LogP contribution in [0.1, 0.15) is 42.5 Å². The molecule has 0 saturated carbocycles. The van der Waals surface area contributed by atoms with Gasteiger partial charge in [-0.15, -0.1) is 0 Å². The van der Waals surface area contributed by atoms with Crippen LogP contribution in [-0.4, -0.2) is 35.7 Å². The second-order valence-electron chi connectivity index (χ2n) is 6.73. The van der Waals surface area contributed by atoms with E-state index in [-0.39, 0.29) is 12.0 Å². The molecule has 142 valence electrons. The maximum atomic E-state index is 12.0. The van der Waals surface area contributed by atoms with Gasteiger partial charge < -0.3 is 9.64 Å². The molecule has 0 radical (unpaired) electrons. The predicted molar refractivity (Wildman–Crippen MR) is 109 cm³/mol. The average molecular weight is 385 g/mol. The number of rotatable bonds is 5. The lowest BCUT2D eigenvalue weighted by Gasteiger charge is -2.36. The van der Waals surface area contributed by atoms with Gasteiger partial charge in [0.2, 0.25) is 0 Å². The lowest BCUT2D eigenvalue weighted by Crippen LogP contribution is -2.40. The van der Waals surface area contributed by atoms with Crippen molar-refractivity contribution in [3.63, 3.8) is 0 Å². The van der Waals surface area contributed by atoms with Gasteiger partial charge in [0.05, 0.1) is 6.61 Å². The Kier molecular flexibility index (Phi) is 6.51. The first-order chi connectivity index (χ1) is 13.1. The third-order valence-electron chi connectivity index (χ3n) is 5.15. The first-order valence-corrected chi connectivity index (χ1v) is 9.76. The molecule has 1 amide bonds. The summed E-state index contributed by atoms with van der Waals surface area (Å²) in [6.07, 6.45) is 5.27. The fraction of sp³-hybridized carbons (Fsp3) is 0.364. The van der Waals surface area contributed by atoms with E-state index in [9.17, 15) is 4.79 Å². The summed E-state index contributed by atoms with van der Waals surface area (Å²) < 4.78 is 5.14. The van der Waals surface area contributed by atoms with Crippen molar-refractivity contribution in [1.82, 2.24) is 9.88 Å². The minimum absolute atomic E-state index is 0.140. The highest BCUT2D eigenvalue weighted by Crippen LogP contribution is 2.39. The Morgan fingerprint density at radius 1 is 1.37 bits per heavy atom. The van der Waals surface area contributed by atoms with E-state index in [4.69, 9.17) is 16.3 Å². The van der Waals surface area contributed by atoms with Crippen LogP contribution in [0.5, 0.6) is 0 Å². The molecule has 1 fully saturated rings. The molecule has 1 unspecified atom stereocenters. The zero-order valence-electron chi connectivity index (χ0n) is 15.6. The first kappa shape index (κ1) is 19.4. The monoisotopic (exact) mass is 384 g/mol. The molecule has 1 atom stereocenters. The molecule has 1 aliphatic rings. The molecule has 2 heterocycles. The van der Waals surface area contributed by atoms with E-state index in [1.165, 1.54) is 5.56 Å². The number of carbonyl (C=O) groups is 1. The number of carbonyl (C=O) groups excluding carboxylic acids is 1. The molecule has 0 bridgehead atoms. The third kappa shape index (κ3) is 4.51. The van der Waals surface area contributed by atoms with Crippen LogP contribution in [0.4, 0.5) is 4.79 Å². The number of ether oxygens (including phenoxy) is 1. The fourth-order valence-corrected chi connectivity index (χ4v) is 4.03. The Morgan fingerprint density at radius 3 is 2.78 bits per heavy atom. The van der Waals surface area contributed by atoms with Gasteiger partial charge in [0, 0.05) is 35.9 Å². The van der Waals surface area contributed by atoms with Crippen LogP contribution in [-0.2, 0) is 4.74 Å². The predicted octanol–water partition coefficient (Wildman–Crippen LogP) is 5.38. The average Bonchev–Trinajstić information content (AvgIpc) is 2.70. The molecule has 0 spiro atoms. The maximum absolute atomic E-state index is 12.0. The van der Waals surface area contributed by atoms with Gasteiger partial charge in [-0.3, -0.25) is 4.98 Å². The van der Waals surface area contributed by atoms with Crippen LogP contribution in [0, 0.1) is 5.92 Å². The van der Waals surface area contributed by atoms with E-state index in [0.717, 1.165) is 24.1 Å². The molecule has 1 saturated heterocycles. The minimum Gasteiger partial charge on any atom is -0.450 e. The Labute approximate surface area is 165 Å². The van der Waals surface area contributed by atoms with Crippen molar-refractivity contribution in [2.45, 2.75) is 25.7 Å². The van der Waals surface area contributed by atoms with Crippen molar-refractivity contribution >= 4 is 23.8 Å². The van der Waals surface area contributed by atoms with E-state index in [1.54, 1.807) is 4.90 Å². The largest absolute Gasteiger partial charge is 0.450 e. The number of pyridine rings is 1. The summed E-state index contributed by atoms with van der Waals surface area (Å²) in [6, 6.07) is 12.0. The highest BCUT2D eigenvalue weighted by molar-refractivity contribution is 6.30. The summed E-state index contributed by atoms with van der Waals surface area (Å²) in [4.78, 5) is 18.5. The van der Waals surface area contributed by atoms with Gasteiger partial charge in [0.25, 0.3) is 0 Å². The number of nitrogens with zero attached hydrogens (tertiary/aromatic N) is 2. The third-order valence-corrected chi connectivity index (χ3v) is 5.38. The highest BCUT2D eigenvalue weighted by Gasteiger charge is 2.32. The molecule has 1 aliphatic heterocycles. The molecule has 0 N–H and O–H groups in total. The van der Waals surface area contributed by atoms with Crippen molar-refractivity contribution in [2.24, 2.45) is 5.92 Å². The number of hydrogen-bond donors (Lipinski definition) is 0. The van der Waals surface area contributed by atoms with E-state index >= 15 is 0 Å². The Morgan fingerprint density at radius 2 is 2.15 bits per heavy atom. The van der Waals surface area contributed by atoms with E-state index < -0.39 is 0 Å². The topological polar surface area (TPSA) is 42.4 Å². The van der Waals surface area contributed by atoms with Gasteiger partial charge in [-0.1, -0.05) is 36.4 Å². The van der Waals surface area contributed by atoms with Crippen molar-refractivity contribution in [3.8, 4) is 0 Å². The standard InChI is InChI=1S/C22H25ClN2O2/c1-3-16-15-18(23)8-9-19(16)21(20-7-5-6-12-24-20)17-10-13-25(14-11-17)22(26)27-4-2/h3,5-9,12,15,17,21H,1,4,10-11,13-14H2,2H3. The summed E-state index contributed by atoms with van der Waals surface area (Å²) in [5.74, 6) is 0.520. The Balaban J connectivity index is 1.89. The molecule has 2 aromatic rings. The maximum Gasteiger partial charge on any atom is 0.409 e. The summed E-state index contributed by atoms with van der Waals surface area (Å²) >= 11 is 6.19. The molecule has 5 heteroatoms. The second kappa shape index (κ2) is 9.05. The van der Waals surface area contributed by atoms with Crippen molar-refractivity contribution in [1.29, 1.82) is 0 Å². The first-order valence-electron chi connectivity index (χ1n) is 9.38. The number of benzene rings is 1. The normalized spacial score (nSPS) is 16.0. The van der Waals surface area contributed by atoms with Crippen molar-refractivity contribution in [2.75, 3.05) is 19.7 Å². The van der Waals surface area contributed by atoms with Gasteiger partial charge in [-0.05, 0) is 61.1 Å². The van der Waals surface area contributed by atoms with Gasteiger partial charge in [-0.25, -0.2) is 4.79 Å². The van der Waals surface area contributed by atoms with Crippen LogP contribution in [0.25, 0.3) is 6.08 Å². The van der Waals surface area contributed by atoms with Gasteiger partial charge in [0.15, 0.2) is 0 Å². The molecule has 1 aromatic carbocycles. The van der Waals surface area contributed by atoms with Gasteiger partial charge in [0.1, 0.15) is 0 Å². The molecule has 27 heavy (non-hydrogen) atoms. The van der Waals surface area contributed by atoms with E-state index in [0.29, 0.717) is 30.6 Å². The number of likely N-dealkylation sites (tertiary alicyclic amines) is 1. The SMILES string of the molecule is C=Cc1cc(Cl)ccc1C(c1ccccn1)C1CCN(C(=O)OCC)CC1. The van der Waals surface area contributed by atoms with E-state index in [2.05, 4.69) is 23.7 Å². The molecule has 0 aliphatic carbocycles. The fourth-order valence-electron chi connectivity index (χ4n) is 3.85. The highest BCUT2D eigenvalue weighted by atomic mass is 35.5. The van der Waals surface area contributed by atoms with Crippen LogP contribution < -0.4 is 0 Å². The Hall–Kier alpha value is -2.33. The summed E-state index contributed by atoms with van der Waals surface area (Å²) in [7, 11) is 0. The zero-order chi connectivity index (χ0) is 19.2. The molecular formula is C22H25ClN2O2. The second-order valence-corrected chi connectivity index (χ2v) is 7.17. The lowest BCUT2D eigenvalue weighted by molar-refractivity contribution is 0.0900.